The van der Waals surface area contributed by atoms with E-state index in [1.54, 1.807) is 6.08 Å². The van der Waals surface area contributed by atoms with Gasteiger partial charge in [-0.3, -0.25) is 9.78 Å². The first-order valence-electron chi connectivity index (χ1n) is 10.8. The second kappa shape index (κ2) is 9.59. The Morgan fingerprint density at radius 2 is 1.31 bits per heavy atom. The van der Waals surface area contributed by atoms with Gasteiger partial charge in [-0.15, -0.1) is 0 Å². The maximum Gasteiger partial charge on any atom is 0.246 e. The fourth-order valence-corrected chi connectivity index (χ4v) is 4.14. The third kappa shape index (κ3) is 5.17. The van der Waals surface area contributed by atoms with Crippen molar-refractivity contribution in [2.75, 3.05) is 49.1 Å². The first-order chi connectivity index (χ1) is 14.3. The molecule has 1 aromatic carbocycles. The van der Waals surface area contributed by atoms with Gasteiger partial charge in [0, 0.05) is 69.1 Å². The van der Waals surface area contributed by atoms with E-state index in [9.17, 15) is 4.79 Å². The molecule has 2 saturated heterocycles. The Morgan fingerprint density at radius 3 is 1.97 bits per heavy atom. The van der Waals surface area contributed by atoms with Crippen LogP contribution in [0, 0.1) is 0 Å². The van der Waals surface area contributed by atoms with Gasteiger partial charge in [-0.1, -0.05) is 25.0 Å². The number of carbonyl (C=O) groups is 1. The average Bonchev–Trinajstić information content (AvgIpc) is 3.08. The third-order valence-electron chi connectivity index (χ3n) is 5.90. The van der Waals surface area contributed by atoms with Crippen LogP contribution in [-0.2, 0) is 4.79 Å². The Balaban J connectivity index is 1.29. The van der Waals surface area contributed by atoms with Crippen LogP contribution in [0.25, 0.3) is 6.08 Å². The van der Waals surface area contributed by atoms with Gasteiger partial charge in [0.25, 0.3) is 0 Å². The number of benzene rings is 1. The van der Waals surface area contributed by atoms with Crippen LogP contribution in [-0.4, -0.2) is 55.1 Å². The fourth-order valence-electron chi connectivity index (χ4n) is 4.14. The molecular formula is C24H30N4O. The molecule has 0 bridgehead atoms. The van der Waals surface area contributed by atoms with E-state index < -0.39 is 0 Å². The minimum atomic E-state index is 0.0935. The van der Waals surface area contributed by atoms with E-state index >= 15 is 0 Å². The van der Waals surface area contributed by atoms with Crippen LogP contribution in [0.4, 0.5) is 11.4 Å². The molecule has 2 aliphatic heterocycles. The lowest BCUT2D eigenvalue weighted by atomic mass is 10.1. The highest BCUT2D eigenvalue weighted by Gasteiger charge is 2.19. The summed E-state index contributed by atoms with van der Waals surface area (Å²) >= 11 is 0. The highest BCUT2D eigenvalue weighted by molar-refractivity contribution is 5.92. The molecule has 1 aromatic heterocycles. The third-order valence-corrected chi connectivity index (χ3v) is 5.90. The zero-order chi connectivity index (χ0) is 19.9. The molecule has 0 atom stereocenters. The Labute approximate surface area is 173 Å². The number of carbonyl (C=O) groups excluding carboxylic acids is 1. The molecule has 2 fully saturated rings. The summed E-state index contributed by atoms with van der Waals surface area (Å²) in [5, 5.41) is 0. The second-order valence-electron chi connectivity index (χ2n) is 7.84. The van der Waals surface area contributed by atoms with E-state index in [1.807, 2.05) is 35.5 Å². The molecule has 0 spiro atoms. The van der Waals surface area contributed by atoms with Gasteiger partial charge in [-0.05, 0) is 48.7 Å². The minimum absolute atomic E-state index is 0.0935. The molecule has 0 saturated carbocycles. The van der Waals surface area contributed by atoms with Crippen molar-refractivity contribution in [1.29, 1.82) is 0 Å². The maximum atomic E-state index is 12.6. The molecule has 0 aliphatic carbocycles. The standard InChI is InChI=1S/C24H30N4O/c29-24(28-19-17-27(18-20-28)23-11-13-25-14-12-23)10-7-21-5-8-22(9-6-21)26-15-3-1-2-4-16-26/h5-14H,1-4,15-20H2/b10-7+. The normalized spacial score (nSPS) is 18.1. The molecule has 2 aliphatic rings. The molecule has 29 heavy (non-hydrogen) atoms. The van der Waals surface area contributed by atoms with Crippen LogP contribution in [0.15, 0.2) is 54.9 Å². The van der Waals surface area contributed by atoms with Crippen LogP contribution in [0.5, 0.6) is 0 Å². The smallest absolute Gasteiger partial charge is 0.246 e. The minimum Gasteiger partial charge on any atom is -0.372 e. The van der Waals surface area contributed by atoms with Gasteiger partial charge in [0.1, 0.15) is 0 Å². The largest absolute Gasteiger partial charge is 0.372 e. The van der Waals surface area contributed by atoms with Gasteiger partial charge < -0.3 is 14.7 Å². The fraction of sp³-hybridized carbons (Fsp3) is 0.417. The van der Waals surface area contributed by atoms with E-state index in [0.29, 0.717) is 0 Å². The van der Waals surface area contributed by atoms with Gasteiger partial charge in [-0.25, -0.2) is 0 Å². The van der Waals surface area contributed by atoms with E-state index in [2.05, 4.69) is 39.0 Å². The summed E-state index contributed by atoms with van der Waals surface area (Å²) in [6.07, 6.45) is 12.5. The van der Waals surface area contributed by atoms with E-state index in [-0.39, 0.29) is 5.91 Å². The van der Waals surface area contributed by atoms with Gasteiger partial charge in [-0.2, -0.15) is 0 Å². The number of rotatable bonds is 4. The van der Waals surface area contributed by atoms with Crippen molar-refractivity contribution in [3.8, 4) is 0 Å². The molecule has 0 N–H and O–H groups in total. The predicted molar refractivity (Wildman–Crippen MR) is 119 cm³/mol. The highest BCUT2D eigenvalue weighted by Crippen LogP contribution is 2.20. The first kappa shape index (κ1) is 19.5. The molecule has 5 heteroatoms. The summed E-state index contributed by atoms with van der Waals surface area (Å²) in [6, 6.07) is 12.6. The van der Waals surface area contributed by atoms with Gasteiger partial charge in [0.2, 0.25) is 5.91 Å². The topological polar surface area (TPSA) is 39.7 Å². The lowest BCUT2D eigenvalue weighted by Crippen LogP contribution is -2.48. The Bertz CT molecular complexity index is 803. The molecule has 0 radical (unpaired) electrons. The van der Waals surface area contributed by atoms with Crippen LogP contribution in [0.3, 0.4) is 0 Å². The molecule has 2 aromatic rings. The number of amides is 1. The van der Waals surface area contributed by atoms with E-state index in [0.717, 1.165) is 44.8 Å². The quantitative estimate of drug-likeness (QED) is 0.744. The van der Waals surface area contributed by atoms with Gasteiger partial charge >= 0.3 is 0 Å². The summed E-state index contributed by atoms with van der Waals surface area (Å²) in [5.74, 6) is 0.0935. The monoisotopic (exact) mass is 390 g/mol. The summed E-state index contributed by atoms with van der Waals surface area (Å²) in [4.78, 5) is 23.4. The molecule has 0 unspecified atom stereocenters. The van der Waals surface area contributed by atoms with Gasteiger partial charge in [0.05, 0.1) is 0 Å². The van der Waals surface area contributed by atoms with Crippen LogP contribution < -0.4 is 9.80 Å². The lowest BCUT2D eigenvalue weighted by molar-refractivity contribution is -0.126. The highest BCUT2D eigenvalue weighted by atomic mass is 16.2. The Hall–Kier alpha value is -2.82. The number of hydrogen-bond acceptors (Lipinski definition) is 4. The van der Waals surface area contributed by atoms with E-state index in [1.165, 1.54) is 37.1 Å². The molecule has 1 amide bonds. The molecule has 5 nitrogen and oxygen atoms in total. The Morgan fingerprint density at radius 1 is 0.724 bits per heavy atom. The number of hydrogen-bond donors (Lipinski definition) is 0. The zero-order valence-corrected chi connectivity index (χ0v) is 17.0. The summed E-state index contributed by atoms with van der Waals surface area (Å²) < 4.78 is 0. The van der Waals surface area contributed by atoms with Crippen molar-refractivity contribution >= 4 is 23.4 Å². The van der Waals surface area contributed by atoms with Crippen molar-refractivity contribution < 1.29 is 4.79 Å². The van der Waals surface area contributed by atoms with Crippen molar-refractivity contribution in [2.24, 2.45) is 0 Å². The molecular weight excluding hydrogens is 360 g/mol. The average molecular weight is 391 g/mol. The predicted octanol–water partition coefficient (Wildman–Crippen LogP) is 3.82. The summed E-state index contributed by atoms with van der Waals surface area (Å²) in [5.41, 5.74) is 3.54. The van der Waals surface area contributed by atoms with Crippen molar-refractivity contribution in [1.82, 2.24) is 9.88 Å². The van der Waals surface area contributed by atoms with Crippen molar-refractivity contribution in [2.45, 2.75) is 25.7 Å². The number of anilines is 2. The van der Waals surface area contributed by atoms with Crippen LogP contribution >= 0.6 is 0 Å². The number of nitrogens with zero attached hydrogens (tertiary/aromatic N) is 4. The van der Waals surface area contributed by atoms with Crippen LogP contribution in [0.2, 0.25) is 0 Å². The number of aromatic nitrogens is 1. The Kier molecular flexibility index (Phi) is 6.45. The second-order valence-corrected chi connectivity index (χ2v) is 7.84. The zero-order valence-electron chi connectivity index (χ0n) is 17.0. The first-order valence-corrected chi connectivity index (χ1v) is 10.8. The SMILES string of the molecule is O=C(/C=C/c1ccc(N2CCCCCC2)cc1)N1CCN(c2ccncc2)CC1. The number of pyridine rings is 1. The van der Waals surface area contributed by atoms with Gasteiger partial charge in [0.15, 0.2) is 0 Å². The van der Waals surface area contributed by atoms with Crippen LogP contribution in [0.1, 0.15) is 31.2 Å². The number of piperazine rings is 1. The maximum absolute atomic E-state index is 12.6. The summed E-state index contributed by atoms with van der Waals surface area (Å²) in [6.45, 7) is 5.51. The van der Waals surface area contributed by atoms with E-state index in [4.69, 9.17) is 0 Å². The molecule has 152 valence electrons. The lowest BCUT2D eigenvalue weighted by Gasteiger charge is -2.35. The summed E-state index contributed by atoms with van der Waals surface area (Å²) in [7, 11) is 0. The molecule has 3 heterocycles. The van der Waals surface area contributed by atoms with Crippen molar-refractivity contribution in [3.05, 3.63) is 60.4 Å². The molecule has 4 rings (SSSR count). The van der Waals surface area contributed by atoms with Crippen molar-refractivity contribution in [3.63, 3.8) is 0 Å².